The van der Waals surface area contributed by atoms with E-state index in [2.05, 4.69) is 10.4 Å². The topological polar surface area (TPSA) is 97.6 Å². The lowest BCUT2D eigenvalue weighted by molar-refractivity contribution is 0.441. The minimum absolute atomic E-state index is 0.0330. The maximum absolute atomic E-state index is 12.1. The Balaban J connectivity index is 2.42. The van der Waals surface area contributed by atoms with Gasteiger partial charge in [0.1, 0.15) is 11.9 Å². The van der Waals surface area contributed by atoms with Crippen LogP contribution in [-0.4, -0.2) is 25.0 Å². The Morgan fingerprint density at radius 2 is 1.91 bits per heavy atom. The van der Waals surface area contributed by atoms with Gasteiger partial charge >= 0.3 is 5.69 Å². The fourth-order valence-corrected chi connectivity index (χ4v) is 2.34. The van der Waals surface area contributed by atoms with Gasteiger partial charge in [-0.3, -0.25) is 18.6 Å². The van der Waals surface area contributed by atoms with Crippen molar-refractivity contribution in [2.24, 2.45) is 14.1 Å². The van der Waals surface area contributed by atoms with Crippen molar-refractivity contribution in [2.75, 3.05) is 5.32 Å². The third-order valence-electron chi connectivity index (χ3n) is 4.01. The van der Waals surface area contributed by atoms with Gasteiger partial charge in [-0.25, -0.2) is 4.79 Å². The van der Waals surface area contributed by atoms with Crippen molar-refractivity contribution in [3.63, 3.8) is 0 Å². The zero-order valence-corrected chi connectivity index (χ0v) is 13.9. The highest BCUT2D eigenvalue weighted by molar-refractivity contribution is 5.51. The summed E-state index contributed by atoms with van der Waals surface area (Å²) in [7, 11) is 2.88. The Labute approximate surface area is 133 Å². The molecule has 0 spiro atoms. The second-order valence-corrected chi connectivity index (χ2v) is 5.71. The van der Waals surface area contributed by atoms with Gasteiger partial charge < -0.3 is 5.32 Å². The molecule has 0 aromatic carbocycles. The summed E-state index contributed by atoms with van der Waals surface area (Å²) in [5.41, 5.74) is -0.118. The lowest BCUT2D eigenvalue weighted by Gasteiger charge is -2.24. The molecule has 8 heteroatoms. The number of nitriles is 1. The number of aromatic nitrogens is 4. The molecule has 2 aromatic heterocycles. The van der Waals surface area contributed by atoms with Crippen LogP contribution in [0.5, 0.6) is 0 Å². The van der Waals surface area contributed by atoms with Gasteiger partial charge in [0.05, 0.1) is 12.2 Å². The quantitative estimate of drug-likeness (QED) is 0.887. The number of hydrogen-bond acceptors (Lipinski definition) is 5. The lowest BCUT2D eigenvalue weighted by Crippen LogP contribution is -2.41. The lowest BCUT2D eigenvalue weighted by atomic mass is 10.1. The van der Waals surface area contributed by atoms with E-state index in [0.717, 1.165) is 10.1 Å². The van der Waals surface area contributed by atoms with Crippen LogP contribution in [0.25, 0.3) is 0 Å². The van der Waals surface area contributed by atoms with E-state index in [0.29, 0.717) is 0 Å². The highest BCUT2D eigenvalue weighted by Gasteiger charge is 2.20. The van der Waals surface area contributed by atoms with Crippen molar-refractivity contribution in [2.45, 2.75) is 32.9 Å². The zero-order valence-electron chi connectivity index (χ0n) is 13.9. The number of rotatable bonds is 4. The Morgan fingerprint density at radius 3 is 2.43 bits per heavy atom. The van der Waals surface area contributed by atoms with E-state index in [9.17, 15) is 14.9 Å². The van der Waals surface area contributed by atoms with E-state index in [1.54, 1.807) is 10.9 Å². The number of nitrogens with one attached hydrogen (secondary N) is 1. The zero-order chi connectivity index (χ0) is 17.3. The van der Waals surface area contributed by atoms with Crippen molar-refractivity contribution in [1.82, 2.24) is 18.9 Å². The minimum Gasteiger partial charge on any atom is -0.365 e. The molecule has 2 aromatic rings. The Kier molecular flexibility index (Phi) is 4.40. The van der Waals surface area contributed by atoms with Gasteiger partial charge in [0.2, 0.25) is 0 Å². The first-order chi connectivity index (χ1) is 10.8. The predicted molar refractivity (Wildman–Crippen MR) is 86.4 cm³/mol. The highest BCUT2D eigenvalue weighted by Crippen LogP contribution is 2.17. The summed E-state index contributed by atoms with van der Waals surface area (Å²) in [6.07, 6.45) is 3.68. The first-order valence-electron chi connectivity index (χ1n) is 7.25. The molecule has 0 bridgehead atoms. The molecule has 0 fully saturated rings. The van der Waals surface area contributed by atoms with E-state index in [4.69, 9.17) is 0 Å². The molecule has 8 nitrogen and oxygen atoms in total. The molecule has 2 unspecified atom stereocenters. The van der Waals surface area contributed by atoms with Gasteiger partial charge in [0, 0.05) is 26.3 Å². The third-order valence-corrected chi connectivity index (χ3v) is 4.01. The molecule has 2 rings (SSSR count). The van der Waals surface area contributed by atoms with E-state index in [1.807, 2.05) is 33.0 Å². The minimum atomic E-state index is -0.604. The highest BCUT2D eigenvalue weighted by atomic mass is 16.2. The molecular weight excluding hydrogens is 296 g/mol. The van der Waals surface area contributed by atoms with Crippen LogP contribution < -0.4 is 16.6 Å². The number of hydrogen-bond donors (Lipinski definition) is 1. The van der Waals surface area contributed by atoms with Gasteiger partial charge in [0.15, 0.2) is 5.56 Å². The molecule has 2 heterocycles. The number of anilines is 1. The summed E-state index contributed by atoms with van der Waals surface area (Å²) in [6, 6.07) is 1.70. The van der Waals surface area contributed by atoms with Gasteiger partial charge in [-0.1, -0.05) is 0 Å². The average molecular weight is 316 g/mol. The molecule has 1 N–H and O–H groups in total. The summed E-state index contributed by atoms with van der Waals surface area (Å²) in [5, 5.41) is 16.7. The monoisotopic (exact) mass is 316 g/mol. The van der Waals surface area contributed by atoms with Gasteiger partial charge in [-0.05, 0) is 26.3 Å². The number of aryl methyl sites for hydroxylation is 1. The number of nitrogens with zero attached hydrogens (tertiary/aromatic N) is 5. The van der Waals surface area contributed by atoms with Crippen molar-refractivity contribution in [3.05, 3.63) is 44.4 Å². The van der Waals surface area contributed by atoms with Crippen molar-refractivity contribution in [1.29, 1.82) is 5.26 Å². The molecule has 0 aliphatic carbocycles. The largest absolute Gasteiger partial charge is 0.365 e. The molecule has 0 amide bonds. The molecule has 0 saturated carbocycles. The Hall–Kier alpha value is -2.82. The van der Waals surface area contributed by atoms with Crippen LogP contribution in [0.2, 0.25) is 0 Å². The van der Waals surface area contributed by atoms with E-state index in [1.165, 1.54) is 18.7 Å². The van der Waals surface area contributed by atoms with Crippen LogP contribution in [0.4, 0.5) is 5.82 Å². The molecule has 0 radical (unpaired) electrons. The first kappa shape index (κ1) is 16.5. The van der Waals surface area contributed by atoms with Crippen molar-refractivity contribution in [3.8, 4) is 6.07 Å². The molecule has 2 atom stereocenters. The second-order valence-electron chi connectivity index (χ2n) is 5.71. The standard InChI is InChI=1S/C15H20N6O2/c1-9-7-17-21(8-9)11(3)10(2)18-13-12(6-16)14(22)20(5)15(23)19(13)4/h7-8,10-11,18H,1-5H3. The molecule has 0 saturated heterocycles. The van der Waals surface area contributed by atoms with Crippen LogP contribution >= 0.6 is 0 Å². The summed E-state index contributed by atoms with van der Waals surface area (Å²) in [4.78, 5) is 24.1. The summed E-state index contributed by atoms with van der Waals surface area (Å²) in [6.45, 7) is 5.83. The van der Waals surface area contributed by atoms with E-state index < -0.39 is 11.2 Å². The van der Waals surface area contributed by atoms with Crippen LogP contribution in [0.1, 0.15) is 31.0 Å². The fourth-order valence-electron chi connectivity index (χ4n) is 2.34. The Bertz CT molecular complexity index is 883. The van der Waals surface area contributed by atoms with Gasteiger partial charge in [0.25, 0.3) is 5.56 Å². The van der Waals surface area contributed by atoms with Crippen LogP contribution in [0, 0.1) is 18.3 Å². The van der Waals surface area contributed by atoms with Crippen LogP contribution in [0.3, 0.4) is 0 Å². The van der Waals surface area contributed by atoms with Gasteiger partial charge in [-0.15, -0.1) is 0 Å². The molecule has 0 aliphatic heterocycles. The summed E-state index contributed by atoms with van der Waals surface area (Å²) in [5.74, 6) is 0.226. The maximum Gasteiger partial charge on any atom is 0.332 e. The normalized spacial score (nSPS) is 13.4. The second kappa shape index (κ2) is 6.12. The van der Waals surface area contributed by atoms with Gasteiger partial charge in [-0.2, -0.15) is 10.4 Å². The van der Waals surface area contributed by atoms with Crippen molar-refractivity contribution < 1.29 is 0 Å². The SMILES string of the molecule is Cc1cnn(C(C)C(C)Nc2c(C#N)c(=O)n(C)c(=O)n2C)c1. The molecule has 0 aliphatic rings. The average Bonchev–Trinajstić information content (AvgIpc) is 2.96. The van der Waals surface area contributed by atoms with Crippen LogP contribution in [-0.2, 0) is 14.1 Å². The smallest absolute Gasteiger partial charge is 0.332 e. The third kappa shape index (κ3) is 2.90. The van der Waals surface area contributed by atoms with E-state index in [-0.39, 0.29) is 23.5 Å². The predicted octanol–water partition coefficient (Wildman–Crippen LogP) is 0.522. The van der Waals surface area contributed by atoms with Crippen molar-refractivity contribution >= 4 is 5.82 Å². The maximum atomic E-state index is 12.1. The van der Waals surface area contributed by atoms with E-state index >= 15 is 0 Å². The molecule has 122 valence electrons. The first-order valence-corrected chi connectivity index (χ1v) is 7.25. The molecular formula is C15H20N6O2. The van der Waals surface area contributed by atoms with Crippen LogP contribution in [0.15, 0.2) is 22.0 Å². The fraction of sp³-hybridized carbons (Fsp3) is 0.467. The summed E-state index contributed by atoms with van der Waals surface area (Å²) >= 11 is 0. The molecule has 23 heavy (non-hydrogen) atoms. The Morgan fingerprint density at radius 1 is 1.26 bits per heavy atom. The summed E-state index contributed by atoms with van der Waals surface area (Å²) < 4.78 is 4.00.